The van der Waals surface area contributed by atoms with E-state index in [-0.39, 0.29) is 30.9 Å². The third-order valence-electron chi connectivity index (χ3n) is 7.48. The number of hydrazine groups is 1. The molecule has 1 heterocycles. The van der Waals surface area contributed by atoms with Gasteiger partial charge in [0.1, 0.15) is 5.75 Å². The molecule has 46 heavy (non-hydrogen) atoms. The molecule has 0 radical (unpaired) electrons. The first-order valence-electron chi connectivity index (χ1n) is 15.1. The molecular formula is C33H39N9O4. The van der Waals surface area contributed by atoms with Gasteiger partial charge in [-0.05, 0) is 63.9 Å². The average Bonchev–Trinajstić information content (AvgIpc) is 3.43. The predicted molar refractivity (Wildman–Crippen MR) is 175 cm³/mol. The van der Waals surface area contributed by atoms with E-state index in [2.05, 4.69) is 51.7 Å². The fourth-order valence-corrected chi connectivity index (χ4v) is 5.09. The van der Waals surface area contributed by atoms with E-state index >= 15 is 0 Å². The lowest BCUT2D eigenvalue weighted by Gasteiger charge is -2.32. The molecule has 2 atom stereocenters. The summed E-state index contributed by atoms with van der Waals surface area (Å²) in [4.78, 5) is 25.4. The van der Waals surface area contributed by atoms with E-state index in [1.54, 1.807) is 48.5 Å². The van der Waals surface area contributed by atoms with Gasteiger partial charge in [0.15, 0.2) is 11.6 Å². The van der Waals surface area contributed by atoms with Crippen LogP contribution in [0, 0.1) is 5.41 Å². The molecule has 0 fully saturated rings. The summed E-state index contributed by atoms with van der Waals surface area (Å²) in [5, 5.41) is 16.7. The van der Waals surface area contributed by atoms with Gasteiger partial charge in [-0.2, -0.15) is 0 Å². The summed E-state index contributed by atoms with van der Waals surface area (Å²) in [6, 6.07) is 21.5. The molecule has 0 saturated carbocycles. The lowest BCUT2D eigenvalue weighted by molar-refractivity contribution is -0.130. The second-order valence-electron chi connectivity index (χ2n) is 12.1. The number of nitrogens with zero attached hydrogens (tertiary/aromatic N) is 7. The number of ether oxygens (including phenoxy) is 2. The number of amides is 1. The van der Waals surface area contributed by atoms with Crippen LogP contribution in [0.25, 0.3) is 20.9 Å². The topological polar surface area (TPSA) is 190 Å². The van der Waals surface area contributed by atoms with Gasteiger partial charge in [-0.15, -0.1) is 0 Å². The van der Waals surface area contributed by atoms with Crippen molar-refractivity contribution < 1.29 is 19.4 Å². The number of hydrogen-bond acceptors (Lipinski definition) is 8. The Kier molecular flexibility index (Phi) is 11.6. The lowest BCUT2D eigenvalue weighted by atomic mass is 9.80. The normalized spacial score (nSPS) is 17.2. The highest BCUT2D eigenvalue weighted by Gasteiger charge is 2.54. The highest BCUT2D eigenvalue weighted by atomic mass is 16.5. The Bertz CT molecular complexity index is 1620. The zero-order chi connectivity index (χ0) is 33.0. The van der Waals surface area contributed by atoms with Crippen LogP contribution in [0.1, 0.15) is 62.0 Å². The zero-order valence-corrected chi connectivity index (χ0v) is 26.3. The minimum Gasteiger partial charge on any atom is -0.494 e. The first-order valence-corrected chi connectivity index (χ1v) is 15.1. The maximum absolute atomic E-state index is 14.5. The summed E-state index contributed by atoms with van der Waals surface area (Å²) < 4.78 is 12.3. The van der Waals surface area contributed by atoms with Crippen molar-refractivity contribution in [2.24, 2.45) is 20.6 Å². The number of rotatable bonds is 15. The van der Waals surface area contributed by atoms with Crippen molar-refractivity contribution in [3.05, 3.63) is 116 Å². The Morgan fingerprint density at radius 1 is 1.04 bits per heavy atom. The van der Waals surface area contributed by atoms with Crippen molar-refractivity contribution in [2.45, 2.75) is 58.2 Å². The van der Waals surface area contributed by atoms with E-state index in [0.29, 0.717) is 53.3 Å². The van der Waals surface area contributed by atoms with Gasteiger partial charge in [0.2, 0.25) is 5.90 Å². The van der Waals surface area contributed by atoms with Crippen LogP contribution >= 0.6 is 0 Å². The summed E-state index contributed by atoms with van der Waals surface area (Å²) in [5.74, 6) is 0.402. The molecule has 1 aliphatic heterocycles. The predicted octanol–water partition coefficient (Wildman–Crippen LogP) is 6.76. The van der Waals surface area contributed by atoms with Crippen molar-refractivity contribution in [1.29, 1.82) is 0 Å². The lowest BCUT2D eigenvalue weighted by Crippen LogP contribution is -2.54. The van der Waals surface area contributed by atoms with Crippen molar-refractivity contribution in [2.75, 3.05) is 19.8 Å². The van der Waals surface area contributed by atoms with Crippen LogP contribution in [0.4, 0.5) is 5.69 Å². The van der Waals surface area contributed by atoms with Crippen molar-refractivity contribution in [3.8, 4) is 5.75 Å². The highest BCUT2D eigenvalue weighted by molar-refractivity contribution is 6.01. The quantitative estimate of drug-likeness (QED) is 0.0552. The van der Waals surface area contributed by atoms with Crippen LogP contribution in [0.3, 0.4) is 0 Å². The number of aliphatic hydroxyl groups is 1. The molecule has 0 spiro atoms. The van der Waals surface area contributed by atoms with Gasteiger partial charge < -0.3 is 14.6 Å². The molecule has 13 heteroatoms. The average molecular weight is 626 g/mol. The number of aliphatic hydroxyl groups excluding tert-OH is 1. The molecule has 3 aromatic carbocycles. The van der Waals surface area contributed by atoms with E-state index in [9.17, 15) is 10.3 Å². The largest absolute Gasteiger partial charge is 0.494 e. The minimum absolute atomic E-state index is 0.0291. The molecular weight excluding hydrogens is 586 g/mol. The maximum Gasteiger partial charge on any atom is 0.266 e. The summed E-state index contributed by atoms with van der Waals surface area (Å²) >= 11 is 0. The fourth-order valence-electron chi connectivity index (χ4n) is 5.09. The second-order valence-corrected chi connectivity index (χ2v) is 12.1. The summed E-state index contributed by atoms with van der Waals surface area (Å²) in [5.41, 5.74) is 25.7. The number of carbonyl (C=O) groups excluding carboxylic acids is 1. The van der Waals surface area contributed by atoms with E-state index in [0.717, 1.165) is 6.42 Å². The van der Waals surface area contributed by atoms with Crippen molar-refractivity contribution in [3.63, 3.8) is 0 Å². The first kappa shape index (κ1) is 33.8. The smallest absolute Gasteiger partial charge is 0.266 e. The number of hydrogen-bond donors (Lipinski definition) is 3. The molecule has 3 N–H and O–H groups in total. The molecule has 0 aromatic heterocycles. The third kappa shape index (κ3) is 8.56. The highest BCUT2D eigenvalue weighted by Crippen LogP contribution is 2.44. The van der Waals surface area contributed by atoms with E-state index in [1.165, 1.54) is 0 Å². The minimum atomic E-state index is -1.58. The number of nitrogens with one attached hydrogen (secondary N) is 2. The molecule has 1 aliphatic rings. The van der Waals surface area contributed by atoms with E-state index in [4.69, 9.17) is 25.1 Å². The first-order chi connectivity index (χ1) is 22.2. The zero-order valence-electron chi connectivity index (χ0n) is 26.3. The Morgan fingerprint density at radius 2 is 1.76 bits per heavy atom. The summed E-state index contributed by atoms with van der Waals surface area (Å²) in [6.07, 6.45) is 0.390. The van der Waals surface area contributed by atoms with Crippen LogP contribution in [0.2, 0.25) is 0 Å². The SMILES string of the molecule is CC(C)(C)CCNNC(=O)[C@@]1(Cc2ccccc2N=[N+]=[N-])N=C(c2ccc(OCCCO)cc2)O[C@H]1c1ccccc1CN=[N+]=[N-]. The monoisotopic (exact) mass is 625 g/mol. The Morgan fingerprint density at radius 3 is 2.46 bits per heavy atom. The number of benzene rings is 3. The number of aliphatic imine (C=N–C) groups is 1. The van der Waals surface area contributed by atoms with Crippen LogP contribution < -0.4 is 15.6 Å². The van der Waals surface area contributed by atoms with Gasteiger partial charge in [0, 0.05) is 47.1 Å². The van der Waals surface area contributed by atoms with Gasteiger partial charge in [-0.3, -0.25) is 10.2 Å². The van der Waals surface area contributed by atoms with Gasteiger partial charge in [-0.25, -0.2) is 10.4 Å². The van der Waals surface area contributed by atoms with Gasteiger partial charge in [0.05, 0.1) is 13.2 Å². The molecule has 0 unspecified atom stereocenters. The van der Waals surface area contributed by atoms with Crippen molar-refractivity contribution in [1.82, 2.24) is 10.9 Å². The number of azide groups is 2. The van der Waals surface area contributed by atoms with Crippen LogP contribution in [0.5, 0.6) is 5.75 Å². The van der Waals surface area contributed by atoms with Gasteiger partial charge >= 0.3 is 0 Å². The second kappa shape index (κ2) is 15.8. The molecule has 3 aromatic rings. The Labute approximate surface area is 267 Å². The molecule has 1 amide bonds. The molecule has 240 valence electrons. The Balaban J connectivity index is 1.84. The van der Waals surface area contributed by atoms with E-state index < -0.39 is 17.6 Å². The fraction of sp³-hybridized carbons (Fsp3) is 0.394. The van der Waals surface area contributed by atoms with Crippen molar-refractivity contribution >= 4 is 17.5 Å². The molecule has 0 bridgehead atoms. The Hall–Kier alpha value is -5.06. The molecule has 0 aliphatic carbocycles. The number of carbonyl (C=O) groups is 1. The standard InChI is InChI=1S/C33H39N9O4/c1-32(2,3)17-18-36-40-31(44)33(21-24-9-5-7-12-28(24)39-42-35)29(27-11-6-4-10-25(27)22-37-41-34)46-30(38-33)23-13-15-26(16-14-23)45-20-8-19-43/h4-7,9-16,29,36,43H,8,17-22H2,1-3H3,(H,40,44)/t29-,33-/m0/s1. The molecule has 4 rings (SSSR count). The van der Waals surface area contributed by atoms with Crippen LogP contribution in [-0.2, 0) is 22.5 Å². The third-order valence-corrected chi connectivity index (χ3v) is 7.48. The summed E-state index contributed by atoms with van der Waals surface area (Å²) in [6.45, 7) is 7.31. The van der Waals surface area contributed by atoms with E-state index in [1.807, 2.05) is 24.3 Å². The van der Waals surface area contributed by atoms with Gasteiger partial charge in [0.25, 0.3) is 5.91 Å². The van der Waals surface area contributed by atoms with Crippen LogP contribution in [0.15, 0.2) is 88.0 Å². The summed E-state index contributed by atoms with van der Waals surface area (Å²) in [7, 11) is 0. The maximum atomic E-state index is 14.5. The van der Waals surface area contributed by atoms with Crippen LogP contribution in [-0.4, -0.2) is 42.2 Å². The van der Waals surface area contributed by atoms with Gasteiger partial charge in [-0.1, -0.05) is 79.5 Å². The molecule has 13 nitrogen and oxygen atoms in total. The molecule has 0 saturated heterocycles.